The standard InChI is InChI=1S/C14H24N2O4/c1-9(2)8-20-12(17)7-11-13(18)15-5-6-16(11)14(19)10(3)4/h9-11H,5-8H2,1-4H3,(H,15,18). The number of piperazine rings is 1. The summed E-state index contributed by atoms with van der Waals surface area (Å²) in [5, 5.41) is 2.69. The number of nitrogens with one attached hydrogen (secondary N) is 1. The summed E-state index contributed by atoms with van der Waals surface area (Å²) in [5.74, 6) is -0.793. The summed E-state index contributed by atoms with van der Waals surface area (Å²) in [6, 6.07) is -0.752. The van der Waals surface area contributed by atoms with Gasteiger partial charge in [-0.1, -0.05) is 27.7 Å². The summed E-state index contributed by atoms with van der Waals surface area (Å²) in [5.41, 5.74) is 0. The van der Waals surface area contributed by atoms with Crippen LogP contribution < -0.4 is 5.32 Å². The van der Waals surface area contributed by atoms with E-state index in [0.717, 1.165) is 0 Å². The average Bonchev–Trinajstić information content (AvgIpc) is 2.37. The van der Waals surface area contributed by atoms with E-state index in [0.29, 0.717) is 19.7 Å². The molecule has 0 bridgehead atoms. The van der Waals surface area contributed by atoms with Gasteiger partial charge in [0.05, 0.1) is 13.0 Å². The number of carbonyl (C=O) groups is 3. The lowest BCUT2D eigenvalue weighted by atomic mass is 10.1. The molecule has 114 valence electrons. The van der Waals surface area contributed by atoms with Gasteiger partial charge in [-0.3, -0.25) is 14.4 Å². The summed E-state index contributed by atoms with van der Waals surface area (Å²) >= 11 is 0. The van der Waals surface area contributed by atoms with Gasteiger partial charge in [-0.05, 0) is 5.92 Å². The van der Waals surface area contributed by atoms with Gasteiger partial charge in [0.1, 0.15) is 6.04 Å². The lowest BCUT2D eigenvalue weighted by molar-refractivity contribution is -0.153. The Morgan fingerprint density at radius 3 is 2.55 bits per heavy atom. The summed E-state index contributed by atoms with van der Waals surface area (Å²) in [4.78, 5) is 37.2. The number of hydrogen-bond donors (Lipinski definition) is 1. The molecule has 1 atom stereocenters. The summed E-state index contributed by atoms with van der Waals surface area (Å²) in [6.07, 6.45) is -0.0863. The lowest BCUT2D eigenvalue weighted by Crippen LogP contribution is -2.58. The van der Waals surface area contributed by atoms with Crippen LogP contribution in [0.4, 0.5) is 0 Å². The van der Waals surface area contributed by atoms with Crippen LogP contribution in [0.25, 0.3) is 0 Å². The van der Waals surface area contributed by atoms with E-state index in [1.54, 1.807) is 13.8 Å². The molecule has 0 aromatic carbocycles. The number of esters is 1. The largest absolute Gasteiger partial charge is 0.465 e. The Balaban J connectivity index is 2.68. The number of hydrogen-bond acceptors (Lipinski definition) is 4. The van der Waals surface area contributed by atoms with Crippen molar-refractivity contribution < 1.29 is 19.1 Å². The Kier molecular flexibility index (Phi) is 5.98. The van der Waals surface area contributed by atoms with Crippen LogP contribution >= 0.6 is 0 Å². The van der Waals surface area contributed by atoms with Crippen molar-refractivity contribution in [3.8, 4) is 0 Å². The fraction of sp³-hybridized carbons (Fsp3) is 0.786. The minimum absolute atomic E-state index is 0.0863. The average molecular weight is 284 g/mol. The van der Waals surface area contributed by atoms with E-state index in [4.69, 9.17) is 4.74 Å². The van der Waals surface area contributed by atoms with Crippen molar-refractivity contribution >= 4 is 17.8 Å². The van der Waals surface area contributed by atoms with Crippen LogP contribution in [0.5, 0.6) is 0 Å². The van der Waals surface area contributed by atoms with Gasteiger partial charge < -0.3 is 15.0 Å². The van der Waals surface area contributed by atoms with Crippen molar-refractivity contribution in [3.63, 3.8) is 0 Å². The second-order valence-electron chi connectivity index (χ2n) is 5.77. The third kappa shape index (κ3) is 4.51. The van der Waals surface area contributed by atoms with Crippen molar-refractivity contribution in [3.05, 3.63) is 0 Å². The fourth-order valence-electron chi connectivity index (χ4n) is 1.99. The lowest BCUT2D eigenvalue weighted by Gasteiger charge is -2.35. The minimum Gasteiger partial charge on any atom is -0.465 e. The van der Waals surface area contributed by atoms with Gasteiger partial charge in [0.2, 0.25) is 11.8 Å². The quantitative estimate of drug-likeness (QED) is 0.748. The monoisotopic (exact) mass is 284 g/mol. The zero-order valence-electron chi connectivity index (χ0n) is 12.6. The van der Waals surface area contributed by atoms with Crippen molar-refractivity contribution in [1.82, 2.24) is 10.2 Å². The van der Waals surface area contributed by atoms with E-state index in [1.165, 1.54) is 4.90 Å². The SMILES string of the molecule is CC(C)COC(=O)CC1C(=O)NCCN1C(=O)C(C)C. The molecule has 0 aromatic rings. The second kappa shape index (κ2) is 7.26. The van der Waals surface area contributed by atoms with Crippen molar-refractivity contribution in [2.75, 3.05) is 19.7 Å². The molecule has 6 nitrogen and oxygen atoms in total. The zero-order chi connectivity index (χ0) is 15.3. The second-order valence-corrected chi connectivity index (χ2v) is 5.77. The first kappa shape index (κ1) is 16.5. The highest BCUT2D eigenvalue weighted by Gasteiger charge is 2.35. The molecule has 6 heteroatoms. The molecule has 1 N–H and O–H groups in total. The van der Waals surface area contributed by atoms with E-state index in [2.05, 4.69) is 5.32 Å². The van der Waals surface area contributed by atoms with Crippen LogP contribution in [0.2, 0.25) is 0 Å². The smallest absolute Gasteiger partial charge is 0.308 e. The van der Waals surface area contributed by atoms with Gasteiger partial charge in [0.25, 0.3) is 0 Å². The normalized spacial score (nSPS) is 19.2. The Morgan fingerprint density at radius 2 is 2.00 bits per heavy atom. The molecule has 0 aromatic heterocycles. The summed E-state index contributed by atoms with van der Waals surface area (Å²) in [6.45, 7) is 8.63. The first-order valence-corrected chi connectivity index (χ1v) is 7.06. The van der Waals surface area contributed by atoms with Gasteiger partial charge in [-0.2, -0.15) is 0 Å². The number of nitrogens with zero attached hydrogens (tertiary/aromatic N) is 1. The third-order valence-corrected chi connectivity index (χ3v) is 3.05. The summed E-state index contributed by atoms with van der Waals surface area (Å²) in [7, 11) is 0. The number of amides is 2. The highest BCUT2D eigenvalue weighted by atomic mass is 16.5. The molecule has 0 spiro atoms. The maximum absolute atomic E-state index is 12.1. The molecule has 0 radical (unpaired) electrons. The van der Waals surface area contributed by atoms with Crippen LogP contribution in [0.15, 0.2) is 0 Å². The highest BCUT2D eigenvalue weighted by Crippen LogP contribution is 2.14. The molecule has 1 aliphatic rings. The van der Waals surface area contributed by atoms with Crippen LogP contribution in [0, 0.1) is 11.8 Å². The first-order chi connectivity index (χ1) is 9.32. The molecule has 1 heterocycles. The predicted octanol–water partition coefficient (Wildman–Crippen LogP) is 0.559. The van der Waals surface area contributed by atoms with Crippen LogP contribution in [-0.2, 0) is 19.1 Å². The Morgan fingerprint density at radius 1 is 1.35 bits per heavy atom. The van der Waals surface area contributed by atoms with Crippen LogP contribution in [-0.4, -0.2) is 48.4 Å². The highest BCUT2D eigenvalue weighted by molar-refractivity contribution is 5.92. The molecule has 0 aliphatic carbocycles. The van der Waals surface area contributed by atoms with E-state index in [9.17, 15) is 14.4 Å². The van der Waals surface area contributed by atoms with Crippen LogP contribution in [0.3, 0.4) is 0 Å². The van der Waals surface area contributed by atoms with E-state index >= 15 is 0 Å². The predicted molar refractivity (Wildman–Crippen MR) is 73.8 cm³/mol. The molecule has 2 amide bonds. The van der Waals surface area contributed by atoms with E-state index in [-0.39, 0.29) is 30.1 Å². The molecule has 1 saturated heterocycles. The number of ether oxygens (including phenoxy) is 1. The molecular formula is C14H24N2O4. The van der Waals surface area contributed by atoms with Gasteiger partial charge >= 0.3 is 5.97 Å². The van der Waals surface area contributed by atoms with E-state index in [1.807, 2.05) is 13.8 Å². The molecule has 1 aliphatic heterocycles. The van der Waals surface area contributed by atoms with Gasteiger partial charge in [-0.25, -0.2) is 0 Å². The number of carbonyl (C=O) groups excluding carboxylic acids is 3. The molecular weight excluding hydrogens is 260 g/mol. The minimum atomic E-state index is -0.752. The maximum atomic E-state index is 12.1. The van der Waals surface area contributed by atoms with Gasteiger partial charge in [0.15, 0.2) is 0 Å². The van der Waals surface area contributed by atoms with Gasteiger partial charge in [-0.15, -0.1) is 0 Å². The molecule has 1 unspecified atom stereocenters. The molecule has 1 fully saturated rings. The molecule has 0 saturated carbocycles. The van der Waals surface area contributed by atoms with Crippen molar-refractivity contribution in [1.29, 1.82) is 0 Å². The van der Waals surface area contributed by atoms with Gasteiger partial charge in [0, 0.05) is 19.0 Å². The molecule has 1 rings (SSSR count). The topological polar surface area (TPSA) is 75.7 Å². The Hall–Kier alpha value is -1.59. The Labute approximate surface area is 119 Å². The Bertz CT molecular complexity index is 379. The molecule has 20 heavy (non-hydrogen) atoms. The first-order valence-electron chi connectivity index (χ1n) is 7.06. The summed E-state index contributed by atoms with van der Waals surface area (Å²) < 4.78 is 5.09. The fourth-order valence-corrected chi connectivity index (χ4v) is 1.99. The number of rotatable bonds is 5. The van der Waals surface area contributed by atoms with Crippen LogP contribution in [0.1, 0.15) is 34.1 Å². The van der Waals surface area contributed by atoms with Crippen molar-refractivity contribution in [2.24, 2.45) is 11.8 Å². The maximum Gasteiger partial charge on any atom is 0.308 e. The van der Waals surface area contributed by atoms with E-state index < -0.39 is 12.0 Å². The van der Waals surface area contributed by atoms with Crippen molar-refractivity contribution in [2.45, 2.75) is 40.2 Å². The third-order valence-electron chi connectivity index (χ3n) is 3.05. The zero-order valence-corrected chi connectivity index (χ0v) is 12.6.